The van der Waals surface area contributed by atoms with E-state index in [0.717, 1.165) is 11.4 Å². The summed E-state index contributed by atoms with van der Waals surface area (Å²) in [4.78, 5) is 5.35. The van der Waals surface area contributed by atoms with Crippen LogP contribution < -0.4 is 10.1 Å². The van der Waals surface area contributed by atoms with Gasteiger partial charge in [0.15, 0.2) is 0 Å². The number of aryl methyl sites for hydroxylation is 1. The fourth-order valence-corrected chi connectivity index (χ4v) is 2.52. The van der Waals surface area contributed by atoms with Gasteiger partial charge in [-0.15, -0.1) is 11.3 Å². The molecule has 1 atom stereocenters. The van der Waals surface area contributed by atoms with Crippen LogP contribution in [0.3, 0.4) is 0 Å². The van der Waals surface area contributed by atoms with Crippen molar-refractivity contribution in [2.75, 3.05) is 5.32 Å². The number of thiazole rings is 1. The number of ether oxygens (including phenoxy) is 1. The standard InChI is InChI=1S/C15H20N2OS/c1-10(2)18-13-5-6-14(11(3)7-13)17-12(4)15-8-16-9-19-15/h5-10,12,17H,1-4H3. The topological polar surface area (TPSA) is 34.1 Å². The van der Waals surface area contributed by atoms with Gasteiger partial charge < -0.3 is 10.1 Å². The second-order valence-corrected chi connectivity index (χ2v) is 5.83. The molecule has 0 bridgehead atoms. The Morgan fingerprint density at radius 1 is 1.26 bits per heavy atom. The Balaban J connectivity index is 2.09. The van der Waals surface area contributed by atoms with Crippen molar-refractivity contribution in [1.29, 1.82) is 0 Å². The minimum absolute atomic E-state index is 0.203. The van der Waals surface area contributed by atoms with Crippen LogP contribution in [0.25, 0.3) is 0 Å². The molecule has 102 valence electrons. The molecule has 1 N–H and O–H groups in total. The van der Waals surface area contributed by atoms with E-state index in [0.29, 0.717) is 0 Å². The van der Waals surface area contributed by atoms with Crippen LogP contribution in [-0.4, -0.2) is 11.1 Å². The molecule has 19 heavy (non-hydrogen) atoms. The number of anilines is 1. The number of rotatable bonds is 5. The van der Waals surface area contributed by atoms with Crippen LogP contribution in [0.15, 0.2) is 29.9 Å². The molecule has 0 radical (unpaired) electrons. The second-order valence-electron chi connectivity index (χ2n) is 4.91. The molecule has 2 aromatic rings. The molecule has 1 heterocycles. The van der Waals surface area contributed by atoms with Crippen molar-refractivity contribution in [3.8, 4) is 5.75 Å². The quantitative estimate of drug-likeness (QED) is 0.878. The summed E-state index contributed by atoms with van der Waals surface area (Å²) in [5.41, 5.74) is 4.19. The molecule has 0 aliphatic rings. The van der Waals surface area contributed by atoms with Crippen LogP contribution >= 0.6 is 11.3 Å². The predicted molar refractivity (Wildman–Crippen MR) is 81.1 cm³/mol. The van der Waals surface area contributed by atoms with Crippen LogP contribution in [0.5, 0.6) is 5.75 Å². The molecule has 0 amide bonds. The minimum Gasteiger partial charge on any atom is -0.491 e. The van der Waals surface area contributed by atoms with Gasteiger partial charge in [0.1, 0.15) is 5.75 Å². The van der Waals surface area contributed by atoms with Gasteiger partial charge in [-0.05, 0) is 51.5 Å². The van der Waals surface area contributed by atoms with Crippen LogP contribution in [0, 0.1) is 6.92 Å². The fourth-order valence-electron chi connectivity index (χ4n) is 1.89. The lowest BCUT2D eigenvalue weighted by atomic mass is 10.1. The molecule has 0 aliphatic heterocycles. The SMILES string of the molecule is Cc1cc(OC(C)C)ccc1NC(C)c1cncs1. The Labute approximate surface area is 118 Å². The van der Waals surface area contributed by atoms with Gasteiger partial charge in [0.05, 0.1) is 17.7 Å². The normalized spacial score (nSPS) is 12.5. The van der Waals surface area contributed by atoms with Crippen molar-refractivity contribution < 1.29 is 4.74 Å². The van der Waals surface area contributed by atoms with Gasteiger partial charge in [-0.2, -0.15) is 0 Å². The summed E-state index contributed by atoms with van der Waals surface area (Å²) in [5.74, 6) is 0.920. The van der Waals surface area contributed by atoms with Gasteiger partial charge in [-0.1, -0.05) is 0 Å². The average molecular weight is 276 g/mol. The smallest absolute Gasteiger partial charge is 0.120 e. The van der Waals surface area contributed by atoms with E-state index in [1.807, 2.05) is 31.6 Å². The van der Waals surface area contributed by atoms with Crippen molar-refractivity contribution in [2.45, 2.75) is 39.8 Å². The largest absolute Gasteiger partial charge is 0.491 e. The van der Waals surface area contributed by atoms with Gasteiger partial charge >= 0.3 is 0 Å². The monoisotopic (exact) mass is 276 g/mol. The number of hydrogen-bond donors (Lipinski definition) is 1. The molecule has 1 aromatic heterocycles. The lowest BCUT2D eigenvalue weighted by molar-refractivity contribution is 0.242. The number of nitrogens with one attached hydrogen (secondary N) is 1. The highest BCUT2D eigenvalue weighted by Gasteiger charge is 2.09. The third kappa shape index (κ3) is 3.70. The molecule has 0 aliphatic carbocycles. The molecular weight excluding hydrogens is 256 g/mol. The Kier molecular flexibility index (Phi) is 4.43. The molecular formula is C15H20N2OS. The Bertz CT molecular complexity index is 523. The zero-order valence-corrected chi connectivity index (χ0v) is 12.6. The number of benzene rings is 1. The lowest BCUT2D eigenvalue weighted by Crippen LogP contribution is -2.08. The van der Waals surface area contributed by atoms with E-state index in [1.165, 1.54) is 10.4 Å². The molecule has 3 nitrogen and oxygen atoms in total. The van der Waals surface area contributed by atoms with Crippen LogP contribution in [0.1, 0.15) is 37.3 Å². The van der Waals surface area contributed by atoms with E-state index in [2.05, 4.69) is 36.3 Å². The highest BCUT2D eigenvalue weighted by Crippen LogP contribution is 2.27. The average Bonchev–Trinajstić information content (AvgIpc) is 2.85. The molecule has 4 heteroatoms. The third-order valence-corrected chi connectivity index (χ3v) is 3.78. The molecule has 0 spiro atoms. The first-order valence-corrected chi connectivity index (χ1v) is 7.36. The third-order valence-electron chi connectivity index (χ3n) is 2.82. The van der Waals surface area contributed by atoms with Gasteiger partial charge in [0, 0.05) is 16.8 Å². The summed E-state index contributed by atoms with van der Waals surface area (Å²) < 4.78 is 5.69. The number of hydrogen-bond acceptors (Lipinski definition) is 4. The zero-order chi connectivity index (χ0) is 13.8. The van der Waals surface area contributed by atoms with Crippen molar-refractivity contribution in [1.82, 2.24) is 4.98 Å². The first-order chi connectivity index (χ1) is 9.06. The van der Waals surface area contributed by atoms with Crippen LogP contribution in [0.2, 0.25) is 0 Å². The summed E-state index contributed by atoms with van der Waals surface area (Å²) in [7, 11) is 0. The van der Waals surface area contributed by atoms with Crippen molar-refractivity contribution >= 4 is 17.0 Å². The van der Waals surface area contributed by atoms with E-state index in [1.54, 1.807) is 11.3 Å². The van der Waals surface area contributed by atoms with E-state index in [9.17, 15) is 0 Å². The molecule has 1 aromatic carbocycles. The first-order valence-electron chi connectivity index (χ1n) is 6.48. The molecule has 0 fully saturated rings. The molecule has 2 rings (SSSR count). The van der Waals surface area contributed by atoms with E-state index in [-0.39, 0.29) is 12.1 Å². The van der Waals surface area contributed by atoms with Crippen LogP contribution in [-0.2, 0) is 0 Å². The number of aromatic nitrogens is 1. The predicted octanol–water partition coefficient (Wildman–Crippen LogP) is 4.41. The summed E-state index contributed by atoms with van der Waals surface area (Å²) in [6.07, 6.45) is 2.11. The maximum Gasteiger partial charge on any atom is 0.120 e. The highest BCUT2D eigenvalue weighted by molar-refractivity contribution is 7.09. The fraction of sp³-hybridized carbons (Fsp3) is 0.400. The summed E-state index contributed by atoms with van der Waals surface area (Å²) >= 11 is 1.67. The van der Waals surface area contributed by atoms with E-state index < -0.39 is 0 Å². The Hall–Kier alpha value is -1.55. The summed E-state index contributed by atoms with van der Waals surface area (Å²) in [6, 6.07) is 6.42. The lowest BCUT2D eigenvalue weighted by Gasteiger charge is -2.17. The Morgan fingerprint density at radius 2 is 2.05 bits per heavy atom. The van der Waals surface area contributed by atoms with Gasteiger partial charge in [-0.3, -0.25) is 4.98 Å². The van der Waals surface area contributed by atoms with Crippen molar-refractivity contribution in [2.24, 2.45) is 0 Å². The number of nitrogens with zero attached hydrogens (tertiary/aromatic N) is 1. The summed E-state index contributed by atoms with van der Waals surface area (Å²) in [5, 5.41) is 3.51. The second kappa shape index (κ2) is 6.06. The highest BCUT2D eigenvalue weighted by atomic mass is 32.1. The van der Waals surface area contributed by atoms with Crippen molar-refractivity contribution in [3.63, 3.8) is 0 Å². The zero-order valence-electron chi connectivity index (χ0n) is 11.8. The molecule has 0 saturated heterocycles. The van der Waals surface area contributed by atoms with Gasteiger partial charge in [-0.25, -0.2) is 0 Å². The maximum atomic E-state index is 5.69. The minimum atomic E-state index is 0.203. The van der Waals surface area contributed by atoms with Crippen molar-refractivity contribution in [3.05, 3.63) is 40.3 Å². The molecule has 1 unspecified atom stereocenters. The van der Waals surface area contributed by atoms with Gasteiger partial charge in [0.2, 0.25) is 0 Å². The van der Waals surface area contributed by atoms with Crippen LogP contribution in [0.4, 0.5) is 5.69 Å². The Morgan fingerprint density at radius 3 is 2.63 bits per heavy atom. The van der Waals surface area contributed by atoms with E-state index >= 15 is 0 Å². The van der Waals surface area contributed by atoms with Gasteiger partial charge in [0.25, 0.3) is 0 Å². The maximum absolute atomic E-state index is 5.69. The molecule has 0 saturated carbocycles. The summed E-state index contributed by atoms with van der Waals surface area (Å²) in [6.45, 7) is 8.31. The first kappa shape index (κ1) is 13.9. The van der Waals surface area contributed by atoms with E-state index in [4.69, 9.17) is 4.74 Å².